The molecule has 0 saturated carbocycles. The van der Waals surface area contributed by atoms with Gasteiger partial charge in [0.1, 0.15) is 6.61 Å². The van der Waals surface area contributed by atoms with E-state index in [4.69, 9.17) is 9.47 Å². The van der Waals surface area contributed by atoms with Crippen LogP contribution in [0.1, 0.15) is 29.8 Å². The van der Waals surface area contributed by atoms with Crippen LogP contribution in [0.3, 0.4) is 0 Å². The van der Waals surface area contributed by atoms with Crippen LogP contribution in [0.4, 0.5) is 0 Å². The number of carbonyl (C=O) groups is 1. The Morgan fingerprint density at radius 3 is 2.52 bits per heavy atom. The number of benzene rings is 2. The molecule has 0 spiro atoms. The summed E-state index contributed by atoms with van der Waals surface area (Å²) in [5.41, 5.74) is 1.66. The third-order valence-electron chi connectivity index (χ3n) is 3.13. The molecule has 1 amide bonds. The summed E-state index contributed by atoms with van der Waals surface area (Å²) in [6, 6.07) is 13.5. The third-order valence-corrected chi connectivity index (χ3v) is 3.94. The second-order valence-corrected chi connectivity index (χ2v) is 6.01. The molecular weight excluding hydrogens is 405 g/mol. The van der Waals surface area contributed by atoms with Crippen LogP contribution in [0.15, 0.2) is 42.5 Å². The standard InChI is InChI=1S/C18H20INO3/c1-3-20-18(21)14-10-15(19)17(16(11-14)22-4-2)23-12-13-8-6-5-7-9-13/h5-11H,3-4,12H2,1-2H3,(H,20,21). The highest BCUT2D eigenvalue weighted by atomic mass is 127. The maximum Gasteiger partial charge on any atom is 0.251 e. The summed E-state index contributed by atoms with van der Waals surface area (Å²) >= 11 is 2.17. The second-order valence-electron chi connectivity index (χ2n) is 4.85. The van der Waals surface area contributed by atoms with Gasteiger partial charge in [-0.2, -0.15) is 0 Å². The monoisotopic (exact) mass is 425 g/mol. The lowest BCUT2D eigenvalue weighted by atomic mass is 10.2. The van der Waals surface area contributed by atoms with Crippen molar-refractivity contribution in [3.8, 4) is 11.5 Å². The Bertz CT molecular complexity index is 659. The third kappa shape index (κ3) is 4.86. The lowest BCUT2D eigenvalue weighted by Gasteiger charge is -2.15. The van der Waals surface area contributed by atoms with Crippen LogP contribution >= 0.6 is 22.6 Å². The number of carbonyl (C=O) groups excluding carboxylic acids is 1. The molecule has 2 aromatic carbocycles. The number of amides is 1. The summed E-state index contributed by atoms with van der Waals surface area (Å²) < 4.78 is 12.5. The van der Waals surface area contributed by atoms with Gasteiger partial charge in [0.2, 0.25) is 0 Å². The molecule has 0 atom stereocenters. The highest BCUT2D eigenvalue weighted by Gasteiger charge is 2.15. The minimum Gasteiger partial charge on any atom is -0.490 e. The lowest BCUT2D eigenvalue weighted by Crippen LogP contribution is -2.22. The predicted octanol–water partition coefficient (Wildman–Crippen LogP) is 4.02. The van der Waals surface area contributed by atoms with E-state index in [-0.39, 0.29) is 5.91 Å². The molecule has 0 fully saturated rings. The Balaban J connectivity index is 2.25. The van der Waals surface area contributed by atoms with E-state index in [1.807, 2.05) is 50.2 Å². The summed E-state index contributed by atoms with van der Waals surface area (Å²) in [6.45, 7) is 5.36. The first-order valence-corrected chi connectivity index (χ1v) is 8.64. The normalized spacial score (nSPS) is 10.2. The Morgan fingerprint density at radius 2 is 1.87 bits per heavy atom. The van der Waals surface area contributed by atoms with Crippen LogP contribution in [0, 0.1) is 3.57 Å². The van der Waals surface area contributed by atoms with Crippen molar-refractivity contribution in [1.29, 1.82) is 0 Å². The van der Waals surface area contributed by atoms with Gasteiger partial charge < -0.3 is 14.8 Å². The average molecular weight is 425 g/mol. The fourth-order valence-electron chi connectivity index (χ4n) is 2.09. The topological polar surface area (TPSA) is 47.6 Å². The zero-order valence-corrected chi connectivity index (χ0v) is 15.4. The van der Waals surface area contributed by atoms with Crippen LogP contribution in [-0.4, -0.2) is 19.1 Å². The van der Waals surface area contributed by atoms with Crippen LogP contribution < -0.4 is 14.8 Å². The number of rotatable bonds is 7. The van der Waals surface area contributed by atoms with Crippen molar-refractivity contribution in [2.24, 2.45) is 0 Å². The molecule has 0 saturated heterocycles. The van der Waals surface area contributed by atoms with E-state index < -0.39 is 0 Å². The number of hydrogen-bond donors (Lipinski definition) is 1. The van der Waals surface area contributed by atoms with Gasteiger partial charge in [-0.15, -0.1) is 0 Å². The Morgan fingerprint density at radius 1 is 1.13 bits per heavy atom. The molecule has 5 heteroatoms. The van der Waals surface area contributed by atoms with Gasteiger partial charge in [-0.05, 0) is 54.1 Å². The van der Waals surface area contributed by atoms with Crippen molar-refractivity contribution in [3.05, 3.63) is 57.2 Å². The first-order chi connectivity index (χ1) is 11.2. The molecular formula is C18H20INO3. The molecule has 0 radical (unpaired) electrons. The molecule has 0 aliphatic rings. The maximum absolute atomic E-state index is 12.0. The summed E-state index contributed by atoms with van der Waals surface area (Å²) in [6.07, 6.45) is 0. The van der Waals surface area contributed by atoms with E-state index in [0.717, 1.165) is 9.13 Å². The first-order valence-electron chi connectivity index (χ1n) is 7.57. The quantitative estimate of drug-likeness (QED) is 0.682. The highest BCUT2D eigenvalue weighted by molar-refractivity contribution is 14.1. The van der Waals surface area contributed by atoms with Crippen molar-refractivity contribution in [2.45, 2.75) is 20.5 Å². The Labute approximate surface area is 150 Å². The predicted molar refractivity (Wildman–Crippen MR) is 99.1 cm³/mol. The van der Waals surface area contributed by atoms with Crippen molar-refractivity contribution in [2.75, 3.05) is 13.2 Å². The molecule has 1 N–H and O–H groups in total. The molecule has 23 heavy (non-hydrogen) atoms. The van der Waals surface area contributed by atoms with E-state index >= 15 is 0 Å². The number of ether oxygens (including phenoxy) is 2. The van der Waals surface area contributed by atoms with Gasteiger partial charge in [0.05, 0.1) is 10.2 Å². The van der Waals surface area contributed by atoms with Crippen molar-refractivity contribution < 1.29 is 14.3 Å². The zero-order valence-electron chi connectivity index (χ0n) is 13.3. The smallest absolute Gasteiger partial charge is 0.251 e. The molecule has 0 unspecified atom stereocenters. The molecule has 2 rings (SSSR count). The van der Waals surface area contributed by atoms with Crippen molar-refractivity contribution >= 4 is 28.5 Å². The van der Waals surface area contributed by atoms with Crippen LogP contribution in [0.25, 0.3) is 0 Å². The van der Waals surface area contributed by atoms with Crippen molar-refractivity contribution in [3.63, 3.8) is 0 Å². The van der Waals surface area contributed by atoms with Crippen LogP contribution in [0.5, 0.6) is 11.5 Å². The van der Waals surface area contributed by atoms with Gasteiger partial charge >= 0.3 is 0 Å². The minimum atomic E-state index is -0.110. The molecule has 122 valence electrons. The van der Waals surface area contributed by atoms with E-state index in [2.05, 4.69) is 27.9 Å². The average Bonchev–Trinajstić information content (AvgIpc) is 2.55. The van der Waals surface area contributed by atoms with Gasteiger partial charge in [0.25, 0.3) is 5.91 Å². The van der Waals surface area contributed by atoms with Crippen LogP contribution in [-0.2, 0) is 6.61 Å². The van der Waals surface area contributed by atoms with Crippen LogP contribution in [0.2, 0.25) is 0 Å². The molecule has 0 aliphatic carbocycles. The maximum atomic E-state index is 12.0. The molecule has 0 aliphatic heterocycles. The fraction of sp³-hybridized carbons (Fsp3) is 0.278. The highest BCUT2D eigenvalue weighted by Crippen LogP contribution is 2.34. The van der Waals surface area contributed by atoms with E-state index in [0.29, 0.717) is 36.8 Å². The van der Waals surface area contributed by atoms with E-state index in [1.54, 1.807) is 6.07 Å². The Hall–Kier alpha value is -1.76. The first kappa shape index (κ1) is 17.6. The molecule has 0 aromatic heterocycles. The largest absolute Gasteiger partial charge is 0.490 e. The van der Waals surface area contributed by atoms with E-state index in [9.17, 15) is 4.79 Å². The fourth-order valence-corrected chi connectivity index (χ4v) is 2.85. The van der Waals surface area contributed by atoms with Gasteiger partial charge in [-0.1, -0.05) is 30.3 Å². The second kappa shape index (κ2) is 8.76. The molecule has 0 bridgehead atoms. The SMILES string of the molecule is CCNC(=O)c1cc(I)c(OCc2ccccc2)c(OCC)c1. The molecule has 4 nitrogen and oxygen atoms in total. The Kier molecular flexibility index (Phi) is 6.70. The van der Waals surface area contributed by atoms with Gasteiger partial charge in [-0.3, -0.25) is 4.79 Å². The summed E-state index contributed by atoms with van der Waals surface area (Å²) in [5, 5.41) is 2.80. The summed E-state index contributed by atoms with van der Waals surface area (Å²) in [4.78, 5) is 12.0. The number of halogens is 1. The molecule has 2 aromatic rings. The van der Waals surface area contributed by atoms with Gasteiger partial charge in [-0.25, -0.2) is 0 Å². The van der Waals surface area contributed by atoms with Gasteiger partial charge in [0, 0.05) is 12.1 Å². The summed E-state index contributed by atoms with van der Waals surface area (Å²) in [7, 11) is 0. The van der Waals surface area contributed by atoms with E-state index in [1.165, 1.54) is 0 Å². The number of nitrogens with one attached hydrogen (secondary N) is 1. The summed E-state index contributed by atoms with van der Waals surface area (Å²) in [5.74, 6) is 1.15. The lowest BCUT2D eigenvalue weighted by molar-refractivity contribution is 0.0955. The number of hydrogen-bond acceptors (Lipinski definition) is 3. The van der Waals surface area contributed by atoms with Gasteiger partial charge in [0.15, 0.2) is 11.5 Å². The molecule has 0 heterocycles. The zero-order chi connectivity index (χ0) is 16.7. The minimum absolute atomic E-state index is 0.110. The van der Waals surface area contributed by atoms with Crippen molar-refractivity contribution in [1.82, 2.24) is 5.32 Å².